The highest BCUT2D eigenvalue weighted by atomic mass is 127. The average molecular weight is 557 g/mol. The Hall–Kier alpha value is -1.10. The quantitative estimate of drug-likeness (QED) is 0.252. The molecule has 1 amide bonds. The molecule has 0 unspecified atom stereocenters. The fourth-order valence-electron chi connectivity index (χ4n) is 2.93. The molecule has 0 saturated carbocycles. The Morgan fingerprint density at radius 3 is 2.70 bits per heavy atom. The van der Waals surface area contributed by atoms with Gasteiger partial charge in [0.25, 0.3) is 0 Å². The van der Waals surface area contributed by atoms with Crippen molar-refractivity contribution in [3.8, 4) is 0 Å². The van der Waals surface area contributed by atoms with E-state index >= 15 is 0 Å². The number of benzene rings is 1. The van der Waals surface area contributed by atoms with Gasteiger partial charge in [-0.1, -0.05) is 22.0 Å². The third-order valence-electron chi connectivity index (χ3n) is 4.42. The second kappa shape index (κ2) is 12.4. The van der Waals surface area contributed by atoms with Gasteiger partial charge in [0, 0.05) is 37.2 Å². The summed E-state index contributed by atoms with van der Waals surface area (Å²) in [5.41, 5.74) is 0.716. The number of guanidine groups is 1. The van der Waals surface area contributed by atoms with Gasteiger partial charge in [0.15, 0.2) is 5.96 Å². The summed E-state index contributed by atoms with van der Waals surface area (Å²) in [6.45, 7) is 2.05. The molecule has 1 fully saturated rings. The highest BCUT2D eigenvalue weighted by Crippen LogP contribution is 2.16. The fraction of sp³-hybridized carbons (Fsp3) is 0.556. The van der Waals surface area contributed by atoms with Gasteiger partial charge in [-0.15, -0.1) is 24.0 Å². The Bertz CT molecular complexity index is 640. The zero-order valence-corrected chi connectivity index (χ0v) is 19.6. The van der Waals surface area contributed by atoms with Gasteiger partial charge < -0.3 is 20.3 Å². The van der Waals surface area contributed by atoms with Crippen molar-refractivity contribution in [2.45, 2.75) is 31.7 Å². The van der Waals surface area contributed by atoms with Crippen LogP contribution in [-0.4, -0.2) is 56.8 Å². The number of rotatable bonds is 5. The van der Waals surface area contributed by atoms with Crippen molar-refractivity contribution < 1.29 is 13.9 Å². The number of amides is 1. The predicted octanol–water partition coefficient (Wildman–Crippen LogP) is 3.53. The number of hydrogen-bond acceptors (Lipinski definition) is 3. The summed E-state index contributed by atoms with van der Waals surface area (Å²) in [5.74, 6) is 0.553. The number of likely N-dealkylation sites (tertiary alicyclic amines) is 1. The zero-order chi connectivity index (χ0) is 18.9. The number of nitrogens with one attached hydrogen (secondary N) is 2. The van der Waals surface area contributed by atoms with E-state index < -0.39 is 0 Å². The summed E-state index contributed by atoms with van der Waals surface area (Å²) in [6, 6.07) is 5.42. The summed E-state index contributed by atoms with van der Waals surface area (Å²) >= 11 is 3.26. The maximum Gasteiger partial charge on any atom is 0.409 e. The highest BCUT2D eigenvalue weighted by Gasteiger charge is 2.23. The molecule has 1 aliphatic rings. The first kappa shape index (κ1) is 23.9. The number of nitrogens with zero attached hydrogens (tertiary/aromatic N) is 2. The van der Waals surface area contributed by atoms with Crippen LogP contribution in [0.25, 0.3) is 0 Å². The summed E-state index contributed by atoms with van der Waals surface area (Å²) in [7, 11) is 3.13. The first-order valence-corrected chi connectivity index (χ1v) is 9.56. The van der Waals surface area contributed by atoms with Crippen LogP contribution in [-0.2, 0) is 11.2 Å². The molecular formula is C18H27BrFIN4O2. The molecule has 0 aliphatic carbocycles. The van der Waals surface area contributed by atoms with Crippen molar-refractivity contribution in [3.05, 3.63) is 34.1 Å². The lowest BCUT2D eigenvalue weighted by Crippen LogP contribution is -2.49. The van der Waals surface area contributed by atoms with E-state index in [2.05, 4.69) is 31.6 Å². The first-order valence-electron chi connectivity index (χ1n) is 8.77. The number of carbonyl (C=O) groups is 1. The van der Waals surface area contributed by atoms with E-state index in [1.54, 1.807) is 11.9 Å². The van der Waals surface area contributed by atoms with Crippen molar-refractivity contribution in [1.29, 1.82) is 0 Å². The molecule has 1 heterocycles. The smallest absolute Gasteiger partial charge is 0.409 e. The summed E-state index contributed by atoms with van der Waals surface area (Å²) in [6.07, 6.45) is 2.90. The number of piperidine rings is 1. The fourth-order valence-corrected chi connectivity index (χ4v) is 3.27. The van der Waals surface area contributed by atoms with Gasteiger partial charge >= 0.3 is 6.09 Å². The Labute approximate surface area is 185 Å². The topological polar surface area (TPSA) is 66.0 Å². The summed E-state index contributed by atoms with van der Waals surface area (Å²) in [4.78, 5) is 17.4. The van der Waals surface area contributed by atoms with Crippen LogP contribution >= 0.6 is 39.9 Å². The van der Waals surface area contributed by atoms with E-state index in [1.165, 1.54) is 13.2 Å². The van der Waals surface area contributed by atoms with Gasteiger partial charge in [0.1, 0.15) is 5.82 Å². The lowest BCUT2D eigenvalue weighted by molar-refractivity contribution is 0.111. The van der Waals surface area contributed by atoms with Gasteiger partial charge in [-0.2, -0.15) is 0 Å². The molecule has 152 valence electrons. The van der Waals surface area contributed by atoms with Crippen LogP contribution < -0.4 is 10.6 Å². The lowest BCUT2D eigenvalue weighted by Gasteiger charge is -2.32. The maximum atomic E-state index is 13.8. The minimum absolute atomic E-state index is 0. The standard InChI is InChI=1S/C18H26BrFN4O2.HI/c1-21-17(23-15-7-10-24(11-8-15)18(25)26-2)22-9-3-4-13-5-6-14(19)12-16(13)20;/h5-6,12,15H,3-4,7-11H2,1-2H3,(H2,21,22,23);1H. The van der Waals surface area contributed by atoms with Gasteiger partial charge in [0.2, 0.25) is 0 Å². The van der Waals surface area contributed by atoms with Crippen molar-refractivity contribution in [1.82, 2.24) is 15.5 Å². The van der Waals surface area contributed by atoms with E-state index in [0.29, 0.717) is 31.6 Å². The predicted molar refractivity (Wildman–Crippen MR) is 119 cm³/mol. The number of hydrogen-bond donors (Lipinski definition) is 2. The summed E-state index contributed by atoms with van der Waals surface area (Å²) in [5, 5.41) is 6.65. The van der Waals surface area contributed by atoms with Crippen LogP contribution in [0.2, 0.25) is 0 Å². The first-order chi connectivity index (χ1) is 12.5. The monoisotopic (exact) mass is 556 g/mol. The summed E-state index contributed by atoms with van der Waals surface area (Å²) < 4.78 is 19.3. The van der Waals surface area contributed by atoms with E-state index in [-0.39, 0.29) is 41.9 Å². The van der Waals surface area contributed by atoms with Crippen molar-refractivity contribution >= 4 is 52.0 Å². The molecule has 0 radical (unpaired) electrons. The largest absolute Gasteiger partial charge is 0.453 e. The molecule has 27 heavy (non-hydrogen) atoms. The molecule has 0 bridgehead atoms. The second-order valence-electron chi connectivity index (χ2n) is 6.21. The van der Waals surface area contributed by atoms with Gasteiger partial charge in [-0.05, 0) is 43.4 Å². The van der Waals surface area contributed by atoms with Gasteiger partial charge in [-0.3, -0.25) is 4.99 Å². The van der Waals surface area contributed by atoms with Gasteiger partial charge in [0.05, 0.1) is 7.11 Å². The minimum Gasteiger partial charge on any atom is -0.453 e. The second-order valence-corrected chi connectivity index (χ2v) is 7.13. The number of carbonyl (C=O) groups excluding carboxylic acids is 1. The van der Waals surface area contributed by atoms with E-state index in [1.807, 2.05) is 12.1 Å². The van der Waals surface area contributed by atoms with Crippen LogP contribution in [0, 0.1) is 5.82 Å². The molecule has 0 atom stereocenters. The normalized spacial score (nSPS) is 15.1. The Balaban J connectivity index is 0.00000364. The van der Waals surface area contributed by atoms with Crippen LogP contribution in [0.15, 0.2) is 27.7 Å². The average Bonchev–Trinajstić information content (AvgIpc) is 2.65. The van der Waals surface area contributed by atoms with Crippen LogP contribution in [0.3, 0.4) is 0 Å². The number of halogens is 3. The molecule has 1 aliphatic heterocycles. The molecule has 6 nitrogen and oxygen atoms in total. The van der Waals surface area contributed by atoms with Crippen molar-refractivity contribution in [2.24, 2.45) is 4.99 Å². The molecule has 1 saturated heterocycles. The highest BCUT2D eigenvalue weighted by molar-refractivity contribution is 14.0. The molecule has 2 rings (SSSR count). The van der Waals surface area contributed by atoms with E-state index in [0.717, 1.165) is 29.7 Å². The molecule has 0 aromatic heterocycles. The van der Waals surface area contributed by atoms with Gasteiger partial charge in [-0.25, -0.2) is 9.18 Å². The number of ether oxygens (including phenoxy) is 1. The number of aliphatic imine (C=N–C) groups is 1. The third kappa shape index (κ3) is 7.81. The van der Waals surface area contributed by atoms with Crippen LogP contribution in [0.4, 0.5) is 9.18 Å². The number of aryl methyl sites for hydroxylation is 1. The zero-order valence-electron chi connectivity index (χ0n) is 15.6. The molecule has 2 N–H and O–H groups in total. The Kier molecular flexibility index (Phi) is 11.0. The molecule has 0 spiro atoms. The third-order valence-corrected chi connectivity index (χ3v) is 4.92. The van der Waals surface area contributed by atoms with E-state index in [9.17, 15) is 9.18 Å². The molecule has 9 heteroatoms. The van der Waals surface area contributed by atoms with E-state index in [4.69, 9.17) is 4.74 Å². The Morgan fingerprint density at radius 2 is 2.11 bits per heavy atom. The SMILES string of the molecule is CN=C(NCCCc1ccc(Br)cc1F)NC1CCN(C(=O)OC)CC1.I. The maximum absolute atomic E-state index is 13.8. The molecule has 1 aromatic rings. The molecule has 1 aromatic carbocycles. The lowest BCUT2D eigenvalue weighted by atomic mass is 10.1. The van der Waals surface area contributed by atoms with Crippen molar-refractivity contribution in [3.63, 3.8) is 0 Å². The van der Waals surface area contributed by atoms with Crippen molar-refractivity contribution in [2.75, 3.05) is 33.8 Å². The Morgan fingerprint density at radius 1 is 1.41 bits per heavy atom. The number of methoxy groups -OCH3 is 1. The van der Waals surface area contributed by atoms with Crippen LogP contribution in [0.1, 0.15) is 24.8 Å². The minimum atomic E-state index is -0.272. The van der Waals surface area contributed by atoms with Crippen LogP contribution in [0.5, 0.6) is 0 Å². The molecular weight excluding hydrogens is 530 g/mol.